The number of ketones is 1. The Bertz CT molecular complexity index is 1940. The summed E-state index contributed by atoms with van der Waals surface area (Å²) in [6.07, 6.45) is 3.21. The minimum Gasteiger partial charge on any atom is -0.465 e. The molecule has 63 heavy (non-hydrogen) atoms. The molecule has 2 aromatic carbocycles. The lowest BCUT2D eigenvalue weighted by atomic mass is 10.1. The first kappa shape index (κ1) is 52.4. The van der Waals surface area contributed by atoms with E-state index in [1.165, 1.54) is 0 Å². The molecule has 3 N–H and O–H groups in total. The number of rotatable bonds is 16. The average Bonchev–Trinajstić information content (AvgIpc) is 3.87. The number of hydrogen-bond donors (Lipinski definition) is 3. The molecule has 5 atom stereocenters. The number of esters is 3. The summed E-state index contributed by atoms with van der Waals surface area (Å²) in [7, 11) is 0. The van der Waals surface area contributed by atoms with Crippen molar-refractivity contribution in [3.63, 3.8) is 0 Å². The second-order valence-electron chi connectivity index (χ2n) is 16.9. The lowest BCUT2D eigenvalue weighted by Gasteiger charge is -2.29. The van der Waals surface area contributed by atoms with E-state index in [0.717, 1.165) is 28.3 Å². The Morgan fingerprint density at radius 3 is 1.52 bits per heavy atom. The number of nitrogens with zero attached hydrogens (tertiary/aromatic N) is 2. The number of ether oxygens (including phenoxy) is 3. The first-order valence-electron chi connectivity index (χ1n) is 20.8. The van der Waals surface area contributed by atoms with Gasteiger partial charge in [-0.1, -0.05) is 24.3 Å². The van der Waals surface area contributed by atoms with E-state index in [-0.39, 0.29) is 47.1 Å². The lowest BCUT2D eigenvalue weighted by Crippen LogP contribution is -2.47. The highest BCUT2D eigenvalue weighted by Gasteiger charge is 2.45. The fraction of sp³-hybridized carbons (Fsp3) is 0.533. The van der Waals surface area contributed by atoms with Gasteiger partial charge in [0.15, 0.2) is 0 Å². The second-order valence-corrected chi connectivity index (χ2v) is 18.5. The number of thioether (sulfide) groups is 1. The summed E-state index contributed by atoms with van der Waals surface area (Å²) in [4.78, 5) is 111. The number of nitrogens with two attached hydrogens (primary N) is 1. The number of benzene rings is 2. The first-order chi connectivity index (χ1) is 29.6. The summed E-state index contributed by atoms with van der Waals surface area (Å²) in [5.41, 5.74) is 4.98. The minimum atomic E-state index is -1.03. The summed E-state index contributed by atoms with van der Waals surface area (Å²) in [6.45, 7) is 14.1. The maximum Gasteiger partial charge on any atom is 0.329 e. The number of nitrogens with one attached hydrogen (secondary N) is 1. The molecular weight excluding hydrogens is 853 g/mol. The molecule has 2 unspecified atom stereocenters. The van der Waals surface area contributed by atoms with Crippen LogP contribution in [-0.2, 0) is 38.2 Å². The average molecular weight is 913 g/mol. The quantitative estimate of drug-likeness (QED) is 0.0506. The van der Waals surface area contributed by atoms with Gasteiger partial charge < -0.3 is 24.7 Å². The predicted octanol–water partition coefficient (Wildman–Crippen LogP) is 4.95. The van der Waals surface area contributed by atoms with Crippen LogP contribution in [0.2, 0.25) is 0 Å². The highest BCUT2D eigenvalue weighted by molar-refractivity contribution is 8.00. The van der Waals surface area contributed by atoms with Crippen LogP contribution in [0.1, 0.15) is 135 Å². The van der Waals surface area contributed by atoms with Gasteiger partial charge in [-0.2, -0.15) is 12.6 Å². The Balaban J connectivity index is 0.000000286. The fourth-order valence-corrected chi connectivity index (χ4v) is 8.07. The van der Waals surface area contributed by atoms with E-state index in [1.807, 2.05) is 0 Å². The monoisotopic (exact) mass is 912 g/mol. The highest BCUT2D eigenvalue weighted by Crippen LogP contribution is 2.30. The SMILES string of the molecule is CC(=O)C1CSC(CCC[C@@H](C(=O)OC(C)(C)C)N2C(=O)c3ccccc3C2=O)N1.CC(C)(C)OC(=O)[C@H](CCCC=O)N1C(=O)c2ccccc2C1=O.CCOC(=O)[C@@H](N)CS. The van der Waals surface area contributed by atoms with Crippen molar-refractivity contribution in [1.82, 2.24) is 15.1 Å². The zero-order valence-corrected chi connectivity index (χ0v) is 38.9. The van der Waals surface area contributed by atoms with Crippen molar-refractivity contribution in [2.24, 2.45) is 5.73 Å². The molecule has 2 aromatic rings. The van der Waals surface area contributed by atoms with Crippen molar-refractivity contribution in [3.05, 3.63) is 70.8 Å². The summed E-state index contributed by atoms with van der Waals surface area (Å²) in [5.74, 6) is -2.35. The van der Waals surface area contributed by atoms with Gasteiger partial charge in [0, 0.05) is 17.9 Å². The number of carbonyl (C=O) groups is 9. The molecule has 4 amide bonds. The molecule has 0 spiro atoms. The molecule has 0 aliphatic carbocycles. The van der Waals surface area contributed by atoms with Crippen LogP contribution in [0.4, 0.5) is 0 Å². The summed E-state index contributed by atoms with van der Waals surface area (Å²) in [5, 5.41) is 3.39. The van der Waals surface area contributed by atoms with E-state index in [4.69, 9.17) is 15.2 Å². The van der Waals surface area contributed by atoms with Crippen LogP contribution in [0, 0.1) is 0 Å². The van der Waals surface area contributed by atoms with Crippen molar-refractivity contribution in [2.75, 3.05) is 18.1 Å². The van der Waals surface area contributed by atoms with E-state index in [2.05, 4.69) is 22.7 Å². The van der Waals surface area contributed by atoms with Gasteiger partial charge in [-0.15, -0.1) is 11.8 Å². The Morgan fingerprint density at radius 1 is 0.778 bits per heavy atom. The van der Waals surface area contributed by atoms with Crippen LogP contribution in [0.25, 0.3) is 0 Å². The third-order valence-electron chi connectivity index (χ3n) is 9.50. The third kappa shape index (κ3) is 14.8. The molecule has 3 aliphatic rings. The molecule has 0 radical (unpaired) electrons. The van der Waals surface area contributed by atoms with Crippen molar-refractivity contribution in [2.45, 2.75) is 135 Å². The molecule has 0 aromatic heterocycles. The minimum absolute atomic E-state index is 0.111. The Morgan fingerprint density at radius 2 is 1.19 bits per heavy atom. The van der Waals surface area contributed by atoms with E-state index < -0.39 is 64.9 Å². The molecule has 3 aliphatic heterocycles. The van der Waals surface area contributed by atoms with E-state index in [9.17, 15) is 43.2 Å². The van der Waals surface area contributed by atoms with Crippen molar-refractivity contribution < 1.29 is 57.4 Å². The summed E-state index contributed by atoms with van der Waals surface area (Å²) in [6, 6.07) is 10.3. The van der Waals surface area contributed by atoms with Crippen LogP contribution in [0.5, 0.6) is 0 Å². The van der Waals surface area contributed by atoms with Crippen LogP contribution >= 0.6 is 24.4 Å². The summed E-state index contributed by atoms with van der Waals surface area (Å²) < 4.78 is 15.5. The number of aldehydes is 1. The topological polar surface area (TPSA) is 226 Å². The molecule has 16 nitrogen and oxygen atoms in total. The Hall–Kier alpha value is -4.91. The molecule has 0 saturated carbocycles. The largest absolute Gasteiger partial charge is 0.465 e. The third-order valence-corrected chi connectivity index (χ3v) is 11.2. The van der Waals surface area contributed by atoms with Gasteiger partial charge in [0.05, 0.1) is 40.3 Å². The number of Topliss-reactive ketones (excluding diaryl/α,β-unsaturated/α-hetero) is 1. The second kappa shape index (κ2) is 23.7. The number of amides is 4. The highest BCUT2D eigenvalue weighted by atomic mass is 32.2. The van der Waals surface area contributed by atoms with Gasteiger partial charge in [0.1, 0.15) is 41.4 Å². The van der Waals surface area contributed by atoms with E-state index >= 15 is 0 Å². The zero-order chi connectivity index (χ0) is 47.2. The van der Waals surface area contributed by atoms with Gasteiger partial charge >= 0.3 is 17.9 Å². The normalized spacial score (nSPS) is 18.2. The van der Waals surface area contributed by atoms with Gasteiger partial charge in [-0.25, -0.2) is 9.59 Å². The number of unbranched alkanes of at least 4 members (excludes halogenated alkanes) is 1. The van der Waals surface area contributed by atoms with Crippen LogP contribution in [0.3, 0.4) is 0 Å². The Labute approximate surface area is 378 Å². The predicted molar refractivity (Wildman–Crippen MR) is 239 cm³/mol. The molecule has 0 bridgehead atoms. The van der Waals surface area contributed by atoms with Crippen LogP contribution in [0.15, 0.2) is 48.5 Å². The number of hydrogen-bond acceptors (Lipinski definition) is 16. The fourth-order valence-electron chi connectivity index (χ4n) is 6.58. The lowest BCUT2D eigenvalue weighted by molar-refractivity contribution is -0.160. The maximum atomic E-state index is 12.9. The molecular formula is C45H60N4O12S2. The molecule has 344 valence electrons. The molecule has 3 heterocycles. The smallest absolute Gasteiger partial charge is 0.329 e. The maximum absolute atomic E-state index is 12.9. The van der Waals surface area contributed by atoms with Gasteiger partial charge in [-0.3, -0.25) is 43.9 Å². The van der Waals surface area contributed by atoms with Gasteiger partial charge in [0.2, 0.25) is 0 Å². The van der Waals surface area contributed by atoms with Gasteiger partial charge in [-0.05, 0) is 112 Å². The molecule has 18 heteroatoms. The Kier molecular flexibility index (Phi) is 19.7. The number of fused-ring (bicyclic) bond motifs is 2. The van der Waals surface area contributed by atoms with Crippen LogP contribution < -0.4 is 11.1 Å². The molecule has 5 rings (SSSR count). The number of imide groups is 2. The van der Waals surface area contributed by atoms with Crippen LogP contribution in [-0.4, -0.2) is 122 Å². The zero-order valence-electron chi connectivity index (χ0n) is 37.2. The van der Waals surface area contributed by atoms with Crippen molar-refractivity contribution >= 4 is 78.0 Å². The van der Waals surface area contributed by atoms with E-state index in [0.29, 0.717) is 42.7 Å². The standard InChI is InChI=1S/C22H28N2O5S.C18H21NO5.C5H11NO2S/c1-13(25)16-12-30-18(23-16)11-7-10-17(21(28)29-22(2,3)4)24-19(26)14-8-5-6-9-15(14)20(24)27;1-18(2,3)24-17(23)14(10-6-7-11-20)19-15(21)12-8-4-5-9-13(12)16(19)22;1-2-8-5(7)4(6)3-9/h5-6,8-9,16-18,23H,7,10-12H2,1-4H3;4-5,8-9,11,14H,6-7,10H2,1-3H3;4,9H,2-3,6H2,1H3/t16?,17-,18?;14-;4-/m000/s1. The van der Waals surface area contributed by atoms with E-state index in [1.54, 1.807) is 116 Å². The number of carbonyl (C=O) groups excluding carboxylic acids is 9. The van der Waals surface area contributed by atoms with Crippen molar-refractivity contribution in [1.29, 1.82) is 0 Å². The summed E-state index contributed by atoms with van der Waals surface area (Å²) >= 11 is 5.50. The molecule has 1 fully saturated rings. The van der Waals surface area contributed by atoms with Crippen molar-refractivity contribution in [3.8, 4) is 0 Å². The van der Waals surface area contributed by atoms with Gasteiger partial charge in [0.25, 0.3) is 23.6 Å². The first-order valence-corrected chi connectivity index (χ1v) is 22.5. The molecule has 1 saturated heterocycles. The number of thiol groups is 1.